The average Bonchev–Trinajstić information content (AvgIpc) is 3.55. The van der Waals surface area contributed by atoms with Gasteiger partial charge in [0.2, 0.25) is 0 Å². The maximum atomic E-state index is 13.4. The van der Waals surface area contributed by atoms with Crippen molar-refractivity contribution in [2.24, 2.45) is 0 Å². The van der Waals surface area contributed by atoms with E-state index in [9.17, 15) is 9.59 Å². The summed E-state index contributed by atoms with van der Waals surface area (Å²) in [6.45, 7) is 2.07. The lowest BCUT2D eigenvalue weighted by Gasteiger charge is -2.30. The molecule has 2 amide bonds. The Kier molecular flexibility index (Phi) is 6.23. The number of rotatable bonds is 7. The standard InChI is InChI=1S/C22H24N4O3S/c1-2-15-9-11-17(12-10-15)26(22(28)18-14-30-25-24-18)20(19-8-5-13-29-19)21(27)23-16-6-3-4-7-16/h5,8-14,16,20H,2-4,6-7H2,1H3,(H,23,27)/t20-/m1/s1. The maximum absolute atomic E-state index is 13.4. The minimum Gasteiger partial charge on any atom is -0.467 e. The number of hydrogen-bond donors (Lipinski definition) is 1. The molecule has 0 saturated heterocycles. The molecule has 1 aliphatic rings. The molecule has 30 heavy (non-hydrogen) atoms. The molecule has 1 aromatic carbocycles. The summed E-state index contributed by atoms with van der Waals surface area (Å²) in [6, 6.07) is 10.3. The van der Waals surface area contributed by atoms with Gasteiger partial charge in [-0.1, -0.05) is 36.4 Å². The van der Waals surface area contributed by atoms with Crippen LogP contribution in [0.1, 0.15) is 60.5 Å². The fourth-order valence-electron chi connectivity index (χ4n) is 3.83. The molecule has 1 atom stereocenters. The Bertz CT molecular complexity index is 965. The van der Waals surface area contributed by atoms with Crippen molar-refractivity contribution in [3.63, 3.8) is 0 Å². The molecule has 1 aliphatic carbocycles. The number of benzene rings is 1. The van der Waals surface area contributed by atoms with Crippen LogP contribution in [0, 0.1) is 0 Å². The molecular weight excluding hydrogens is 400 g/mol. The van der Waals surface area contributed by atoms with Crippen LogP contribution in [0.4, 0.5) is 5.69 Å². The van der Waals surface area contributed by atoms with Crippen molar-refractivity contribution in [1.82, 2.24) is 14.9 Å². The molecule has 8 heteroatoms. The Hall–Kier alpha value is -3.00. The number of nitrogens with one attached hydrogen (secondary N) is 1. The number of aromatic nitrogens is 2. The fraction of sp³-hybridized carbons (Fsp3) is 0.364. The van der Waals surface area contributed by atoms with E-state index in [-0.39, 0.29) is 17.6 Å². The highest BCUT2D eigenvalue weighted by Gasteiger charge is 2.37. The minimum atomic E-state index is -0.942. The van der Waals surface area contributed by atoms with E-state index in [4.69, 9.17) is 4.42 Å². The minimum absolute atomic E-state index is 0.121. The van der Waals surface area contributed by atoms with Gasteiger partial charge in [-0.2, -0.15) is 0 Å². The zero-order valence-corrected chi connectivity index (χ0v) is 17.6. The van der Waals surface area contributed by atoms with Crippen LogP contribution in [0.3, 0.4) is 0 Å². The predicted octanol–water partition coefficient (Wildman–Crippen LogP) is 4.14. The number of furan rings is 1. The van der Waals surface area contributed by atoms with Crippen molar-refractivity contribution >= 4 is 29.0 Å². The molecule has 4 rings (SSSR count). The summed E-state index contributed by atoms with van der Waals surface area (Å²) < 4.78 is 9.42. The van der Waals surface area contributed by atoms with E-state index in [2.05, 4.69) is 21.8 Å². The van der Waals surface area contributed by atoms with Gasteiger partial charge in [0.25, 0.3) is 11.8 Å². The van der Waals surface area contributed by atoms with E-state index in [0.717, 1.165) is 49.2 Å². The molecule has 2 aromatic heterocycles. The largest absolute Gasteiger partial charge is 0.467 e. The molecule has 0 spiro atoms. The lowest BCUT2D eigenvalue weighted by atomic mass is 10.1. The first kappa shape index (κ1) is 20.3. The maximum Gasteiger partial charge on any atom is 0.280 e. The van der Waals surface area contributed by atoms with Crippen molar-refractivity contribution in [1.29, 1.82) is 0 Å². The second kappa shape index (κ2) is 9.21. The van der Waals surface area contributed by atoms with E-state index in [1.165, 1.54) is 11.2 Å². The van der Waals surface area contributed by atoms with Gasteiger partial charge in [0.1, 0.15) is 5.76 Å². The summed E-state index contributed by atoms with van der Waals surface area (Å²) in [4.78, 5) is 28.3. The Morgan fingerprint density at radius 2 is 2.00 bits per heavy atom. The summed E-state index contributed by atoms with van der Waals surface area (Å²) in [7, 11) is 0. The van der Waals surface area contributed by atoms with E-state index in [1.807, 2.05) is 24.3 Å². The topological polar surface area (TPSA) is 88.3 Å². The highest BCUT2D eigenvalue weighted by Crippen LogP contribution is 2.31. The second-order valence-corrected chi connectivity index (χ2v) is 8.00. The Morgan fingerprint density at radius 1 is 1.23 bits per heavy atom. The molecule has 2 heterocycles. The van der Waals surface area contributed by atoms with Crippen LogP contribution in [0.5, 0.6) is 0 Å². The van der Waals surface area contributed by atoms with Crippen LogP contribution in [0.15, 0.2) is 52.5 Å². The third-order valence-corrected chi connectivity index (χ3v) is 5.95. The number of anilines is 1. The van der Waals surface area contributed by atoms with Gasteiger partial charge in [0.05, 0.1) is 6.26 Å². The molecule has 0 aliphatic heterocycles. The monoisotopic (exact) mass is 424 g/mol. The summed E-state index contributed by atoms with van der Waals surface area (Å²) in [6.07, 6.45) is 6.49. The summed E-state index contributed by atoms with van der Waals surface area (Å²) in [5.74, 6) is -0.245. The predicted molar refractivity (Wildman–Crippen MR) is 114 cm³/mol. The van der Waals surface area contributed by atoms with Crippen LogP contribution in [0.2, 0.25) is 0 Å². The van der Waals surface area contributed by atoms with Gasteiger partial charge in [-0.05, 0) is 60.6 Å². The lowest BCUT2D eigenvalue weighted by Crippen LogP contribution is -2.46. The molecule has 1 saturated carbocycles. The van der Waals surface area contributed by atoms with Crippen LogP contribution >= 0.6 is 11.5 Å². The molecule has 0 radical (unpaired) electrons. The van der Waals surface area contributed by atoms with Crippen molar-refractivity contribution in [3.8, 4) is 0 Å². The highest BCUT2D eigenvalue weighted by atomic mass is 32.1. The van der Waals surface area contributed by atoms with Crippen LogP contribution < -0.4 is 10.2 Å². The first-order valence-electron chi connectivity index (χ1n) is 10.2. The van der Waals surface area contributed by atoms with Crippen molar-refractivity contribution in [2.45, 2.75) is 51.1 Å². The van der Waals surface area contributed by atoms with Gasteiger partial charge in [0, 0.05) is 17.1 Å². The van der Waals surface area contributed by atoms with Gasteiger partial charge in [-0.15, -0.1) is 5.10 Å². The SMILES string of the molecule is CCc1ccc(N(C(=O)c2csnn2)[C@@H](C(=O)NC2CCCC2)c2ccco2)cc1. The molecule has 156 valence electrons. The lowest BCUT2D eigenvalue weighted by molar-refractivity contribution is -0.123. The van der Waals surface area contributed by atoms with Crippen LogP contribution in [-0.4, -0.2) is 27.4 Å². The van der Waals surface area contributed by atoms with Crippen LogP contribution in [-0.2, 0) is 11.2 Å². The first-order chi connectivity index (χ1) is 14.7. The number of amides is 2. The van der Waals surface area contributed by atoms with E-state index < -0.39 is 11.9 Å². The van der Waals surface area contributed by atoms with Gasteiger partial charge >= 0.3 is 0 Å². The van der Waals surface area contributed by atoms with Gasteiger partial charge < -0.3 is 9.73 Å². The number of hydrogen-bond acceptors (Lipinski definition) is 6. The summed E-state index contributed by atoms with van der Waals surface area (Å²) in [5, 5.41) is 8.64. The quantitative estimate of drug-likeness (QED) is 0.616. The molecule has 0 bridgehead atoms. The Labute approximate surface area is 179 Å². The number of nitrogens with zero attached hydrogens (tertiary/aromatic N) is 3. The third-order valence-electron chi connectivity index (χ3n) is 5.44. The third kappa shape index (κ3) is 4.28. The number of aryl methyl sites for hydroxylation is 1. The number of carbonyl (C=O) groups is 2. The molecular formula is C22H24N4O3S. The highest BCUT2D eigenvalue weighted by molar-refractivity contribution is 7.03. The molecule has 7 nitrogen and oxygen atoms in total. The molecule has 3 aromatic rings. The fourth-order valence-corrected chi connectivity index (χ4v) is 4.26. The summed E-state index contributed by atoms with van der Waals surface area (Å²) in [5.41, 5.74) is 1.95. The molecule has 0 unspecified atom stereocenters. The van der Waals surface area contributed by atoms with E-state index in [1.54, 1.807) is 17.5 Å². The second-order valence-electron chi connectivity index (χ2n) is 7.39. The van der Waals surface area contributed by atoms with Crippen molar-refractivity contribution in [3.05, 3.63) is 65.1 Å². The first-order valence-corrected chi connectivity index (χ1v) is 11.0. The summed E-state index contributed by atoms with van der Waals surface area (Å²) >= 11 is 1.10. The van der Waals surface area contributed by atoms with E-state index in [0.29, 0.717) is 11.4 Å². The average molecular weight is 425 g/mol. The zero-order valence-electron chi connectivity index (χ0n) is 16.8. The van der Waals surface area contributed by atoms with Crippen molar-refractivity contribution in [2.75, 3.05) is 4.90 Å². The van der Waals surface area contributed by atoms with Gasteiger partial charge in [0.15, 0.2) is 11.7 Å². The normalized spacial score (nSPS) is 15.1. The van der Waals surface area contributed by atoms with Gasteiger partial charge in [-0.25, -0.2) is 0 Å². The smallest absolute Gasteiger partial charge is 0.280 e. The van der Waals surface area contributed by atoms with Gasteiger partial charge in [-0.3, -0.25) is 14.5 Å². The Morgan fingerprint density at radius 3 is 2.60 bits per heavy atom. The van der Waals surface area contributed by atoms with Crippen molar-refractivity contribution < 1.29 is 14.0 Å². The van der Waals surface area contributed by atoms with Crippen LogP contribution in [0.25, 0.3) is 0 Å². The molecule has 1 N–H and O–H groups in total. The molecule has 1 fully saturated rings. The van der Waals surface area contributed by atoms with E-state index >= 15 is 0 Å². The Balaban J connectivity index is 1.75. The number of carbonyl (C=O) groups excluding carboxylic acids is 2. The zero-order chi connectivity index (χ0) is 20.9.